The molecule has 29 heavy (non-hydrogen) atoms. The van der Waals surface area contributed by atoms with Crippen molar-refractivity contribution in [3.05, 3.63) is 59.7 Å². The fourth-order valence-electron chi connectivity index (χ4n) is 3.44. The second-order valence-corrected chi connectivity index (χ2v) is 7.60. The van der Waals surface area contributed by atoms with Crippen LogP contribution < -0.4 is 20.1 Å². The van der Waals surface area contributed by atoms with Crippen LogP contribution in [0.3, 0.4) is 0 Å². The van der Waals surface area contributed by atoms with Crippen molar-refractivity contribution in [1.82, 2.24) is 10.6 Å². The molecule has 0 aliphatic rings. The van der Waals surface area contributed by atoms with E-state index in [1.807, 2.05) is 24.3 Å². The lowest BCUT2D eigenvalue weighted by Gasteiger charge is -2.22. The minimum atomic E-state index is 0.227. The van der Waals surface area contributed by atoms with Crippen LogP contribution in [-0.4, -0.2) is 33.1 Å². The van der Waals surface area contributed by atoms with Crippen molar-refractivity contribution in [1.29, 1.82) is 0 Å². The summed E-state index contributed by atoms with van der Waals surface area (Å²) in [5, 5.41) is 7.35. The summed E-state index contributed by atoms with van der Waals surface area (Å²) in [6.45, 7) is 4.04. The van der Waals surface area contributed by atoms with E-state index < -0.39 is 0 Å². The van der Waals surface area contributed by atoms with Gasteiger partial charge in [0.05, 0.1) is 14.2 Å². The Morgan fingerprint density at radius 3 is 1.69 bits per heavy atom. The van der Waals surface area contributed by atoms with Gasteiger partial charge in [0.15, 0.2) is 0 Å². The molecule has 0 saturated carbocycles. The smallest absolute Gasteiger partial charge is 0.118 e. The molecule has 0 spiro atoms. The Hall–Kier alpha value is -1.69. The van der Waals surface area contributed by atoms with Gasteiger partial charge in [-0.1, -0.05) is 50.5 Å². The Bertz CT molecular complexity index is 676. The third-order valence-electron chi connectivity index (χ3n) is 5.22. The summed E-state index contributed by atoms with van der Waals surface area (Å²) in [5.41, 5.74) is 2.55. The molecule has 0 heterocycles. The van der Waals surface area contributed by atoms with E-state index in [1.165, 1.54) is 30.4 Å². The van der Waals surface area contributed by atoms with Gasteiger partial charge in [0.1, 0.15) is 11.5 Å². The zero-order valence-corrected chi connectivity index (χ0v) is 18.9. The molecule has 2 atom stereocenters. The van der Waals surface area contributed by atoms with E-state index in [4.69, 9.17) is 9.47 Å². The van der Waals surface area contributed by atoms with E-state index in [2.05, 4.69) is 54.5 Å². The SMILES string of the molecule is CCCCCC(NCCNC(CS)c1ccc(OC)cc1)c1ccc(OC)cc1. The lowest BCUT2D eigenvalue weighted by Crippen LogP contribution is -2.33. The van der Waals surface area contributed by atoms with Crippen molar-refractivity contribution in [3.63, 3.8) is 0 Å². The van der Waals surface area contributed by atoms with E-state index >= 15 is 0 Å². The standard InChI is InChI=1S/C24H36N2O2S/c1-4-5-6-7-23(19-8-12-21(27-2)13-9-19)25-16-17-26-24(18-29)20-10-14-22(28-3)15-11-20/h8-15,23-26,29H,4-7,16-18H2,1-3H3. The molecule has 0 aliphatic carbocycles. The summed E-state index contributed by atoms with van der Waals surface area (Å²) in [6, 6.07) is 17.2. The van der Waals surface area contributed by atoms with Crippen LogP contribution in [-0.2, 0) is 0 Å². The van der Waals surface area contributed by atoms with E-state index in [1.54, 1.807) is 14.2 Å². The second kappa shape index (κ2) is 13.5. The molecule has 2 unspecified atom stereocenters. The first-order valence-electron chi connectivity index (χ1n) is 10.6. The number of rotatable bonds is 14. The highest BCUT2D eigenvalue weighted by Crippen LogP contribution is 2.23. The van der Waals surface area contributed by atoms with Crippen LogP contribution in [0.2, 0.25) is 0 Å². The number of hydrogen-bond donors (Lipinski definition) is 3. The van der Waals surface area contributed by atoms with Crippen LogP contribution in [0.5, 0.6) is 11.5 Å². The molecule has 2 N–H and O–H groups in total. The molecule has 0 saturated heterocycles. The normalized spacial score (nSPS) is 13.1. The van der Waals surface area contributed by atoms with Crippen LogP contribution in [0, 0.1) is 0 Å². The molecule has 0 aromatic heterocycles. The van der Waals surface area contributed by atoms with Gasteiger partial charge in [0.2, 0.25) is 0 Å². The third-order valence-corrected chi connectivity index (χ3v) is 5.59. The maximum atomic E-state index is 5.30. The highest BCUT2D eigenvalue weighted by atomic mass is 32.1. The monoisotopic (exact) mass is 416 g/mol. The third kappa shape index (κ3) is 7.92. The number of hydrogen-bond acceptors (Lipinski definition) is 5. The number of methoxy groups -OCH3 is 2. The Morgan fingerprint density at radius 1 is 0.759 bits per heavy atom. The summed E-state index contributed by atoms with van der Waals surface area (Å²) in [6.07, 6.45) is 4.89. The average molecular weight is 417 g/mol. The molecule has 0 fully saturated rings. The van der Waals surface area contributed by atoms with Gasteiger partial charge in [-0.05, 0) is 41.8 Å². The van der Waals surface area contributed by atoms with Crippen molar-refractivity contribution in [2.75, 3.05) is 33.1 Å². The molecule has 4 nitrogen and oxygen atoms in total. The maximum absolute atomic E-state index is 5.30. The van der Waals surface area contributed by atoms with Crippen molar-refractivity contribution in [3.8, 4) is 11.5 Å². The van der Waals surface area contributed by atoms with E-state index in [9.17, 15) is 0 Å². The lowest BCUT2D eigenvalue weighted by molar-refractivity contribution is 0.413. The molecule has 0 aliphatic heterocycles. The molecule has 0 radical (unpaired) electrons. The topological polar surface area (TPSA) is 42.5 Å². The van der Waals surface area contributed by atoms with Gasteiger partial charge >= 0.3 is 0 Å². The lowest BCUT2D eigenvalue weighted by atomic mass is 10.00. The largest absolute Gasteiger partial charge is 0.497 e. The highest BCUT2D eigenvalue weighted by Gasteiger charge is 2.12. The molecule has 2 aromatic carbocycles. The summed E-state index contributed by atoms with van der Waals surface area (Å²) in [5.74, 6) is 2.53. The van der Waals surface area contributed by atoms with Crippen molar-refractivity contribution in [2.24, 2.45) is 0 Å². The quantitative estimate of drug-likeness (QED) is 0.293. The van der Waals surface area contributed by atoms with Crippen LogP contribution in [0.15, 0.2) is 48.5 Å². The Labute approximate surface area is 181 Å². The van der Waals surface area contributed by atoms with Gasteiger partial charge in [0, 0.05) is 30.9 Å². The fraction of sp³-hybridized carbons (Fsp3) is 0.500. The number of nitrogens with one attached hydrogen (secondary N) is 2. The zero-order valence-electron chi connectivity index (χ0n) is 18.0. The molecule has 0 bridgehead atoms. The molecule has 160 valence electrons. The zero-order chi connectivity index (χ0) is 20.9. The van der Waals surface area contributed by atoms with Crippen molar-refractivity contribution in [2.45, 2.75) is 44.7 Å². The molecule has 2 rings (SSSR count). The summed E-state index contributed by atoms with van der Waals surface area (Å²) < 4.78 is 10.5. The predicted molar refractivity (Wildman–Crippen MR) is 125 cm³/mol. The maximum Gasteiger partial charge on any atom is 0.118 e. The van der Waals surface area contributed by atoms with Crippen molar-refractivity contribution < 1.29 is 9.47 Å². The van der Waals surface area contributed by atoms with Crippen LogP contribution in [0.4, 0.5) is 0 Å². The fourth-order valence-corrected chi connectivity index (χ4v) is 3.78. The summed E-state index contributed by atoms with van der Waals surface area (Å²) in [7, 11) is 3.40. The Balaban J connectivity index is 1.87. The van der Waals surface area contributed by atoms with Gasteiger partial charge in [-0.25, -0.2) is 0 Å². The first-order chi connectivity index (χ1) is 14.2. The molecular weight excluding hydrogens is 380 g/mol. The second-order valence-electron chi connectivity index (χ2n) is 7.24. The Morgan fingerprint density at radius 2 is 1.24 bits per heavy atom. The first-order valence-corrected chi connectivity index (χ1v) is 11.2. The predicted octanol–water partition coefficient (Wildman–Crippen LogP) is 5.18. The van der Waals surface area contributed by atoms with E-state index in [-0.39, 0.29) is 6.04 Å². The summed E-state index contributed by atoms with van der Waals surface area (Å²) in [4.78, 5) is 0. The number of benzene rings is 2. The van der Waals surface area contributed by atoms with Gasteiger partial charge in [-0.15, -0.1) is 0 Å². The van der Waals surface area contributed by atoms with E-state index in [0.29, 0.717) is 6.04 Å². The van der Waals surface area contributed by atoms with Crippen LogP contribution >= 0.6 is 12.6 Å². The number of ether oxygens (including phenoxy) is 2. The van der Waals surface area contributed by atoms with Crippen LogP contribution in [0.25, 0.3) is 0 Å². The van der Waals surface area contributed by atoms with E-state index in [0.717, 1.165) is 36.8 Å². The van der Waals surface area contributed by atoms with Gasteiger partial charge < -0.3 is 20.1 Å². The highest BCUT2D eigenvalue weighted by molar-refractivity contribution is 7.80. The minimum absolute atomic E-state index is 0.227. The number of thiol groups is 1. The number of unbranched alkanes of at least 4 members (excludes halogenated alkanes) is 2. The van der Waals surface area contributed by atoms with Crippen molar-refractivity contribution >= 4 is 12.6 Å². The summed E-state index contributed by atoms with van der Waals surface area (Å²) >= 11 is 4.53. The molecule has 2 aromatic rings. The first kappa shape index (κ1) is 23.6. The van der Waals surface area contributed by atoms with Gasteiger partial charge in [-0.2, -0.15) is 12.6 Å². The molecular formula is C24H36N2O2S. The molecule has 5 heteroatoms. The van der Waals surface area contributed by atoms with Crippen LogP contribution in [0.1, 0.15) is 55.8 Å². The van der Waals surface area contributed by atoms with Gasteiger partial charge in [0.25, 0.3) is 0 Å². The van der Waals surface area contributed by atoms with Gasteiger partial charge in [-0.3, -0.25) is 0 Å². The Kier molecular flexibility index (Phi) is 11.0. The minimum Gasteiger partial charge on any atom is -0.497 e. The average Bonchev–Trinajstić information content (AvgIpc) is 2.78. The molecule has 0 amide bonds.